The largest absolute Gasteiger partial charge is 0.352 e. The molecule has 2 aliphatic rings. The van der Waals surface area contributed by atoms with Crippen LogP contribution in [-0.2, 0) is 0 Å². The van der Waals surface area contributed by atoms with Gasteiger partial charge in [-0.05, 0) is 6.42 Å². The van der Waals surface area contributed by atoms with Gasteiger partial charge in [0, 0.05) is 18.2 Å². The first-order chi connectivity index (χ1) is 6.34. The van der Waals surface area contributed by atoms with Gasteiger partial charge in [-0.25, -0.2) is 0 Å². The Kier molecular flexibility index (Phi) is 3.14. The maximum Gasteiger partial charge on any atom is 0.0849 e. The molecule has 0 aliphatic carbocycles. The van der Waals surface area contributed by atoms with Crippen LogP contribution in [0.15, 0.2) is 0 Å². The fraction of sp³-hybridized carbons (Fsp3) is 0.900. The van der Waals surface area contributed by atoms with Gasteiger partial charge in [0.15, 0.2) is 0 Å². The zero-order valence-corrected chi connectivity index (χ0v) is 9.79. The van der Waals surface area contributed by atoms with Crippen LogP contribution >= 0.6 is 24.0 Å². The maximum absolute atomic E-state index is 5.40. The highest BCUT2D eigenvalue weighted by atomic mass is 32.2. The Morgan fingerprint density at radius 1 is 1.54 bits per heavy atom. The Hall–Kier alpha value is 0.240. The van der Waals surface area contributed by atoms with Crippen molar-refractivity contribution in [1.82, 2.24) is 4.90 Å². The summed E-state index contributed by atoms with van der Waals surface area (Å²) in [4.78, 5) is 3.67. The van der Waals surface area contributed by atoms with E-state index < -0.39 is 0 Å². The molecule has 13 heavy (non-hydrogen) atoms. The van der Waals surface area contributed by atoms with Crippen LogP contribution in [0.2, 0.25) is 0 Å². The summed E-state index contributed by atoms with van der Waals surface area (Å²) in [6.07, 6.45) is 5.39. The topological polar surface area (TPSA) is 3.24 Å². The van der Waals surface area contributed by atoms with Gasteiger partial charge in [0.05, 0.1) is 10.4 Å². The average Bonchev–Trinajstić information content (AvgIpc) is 2.56. The van der Waals surface area contributed by atoms with Gasteiger partial charge in [-0.15, -0.1) is 11.8 Å². The Morgan fingerprint density at radius 3 is 3.15 bits per heavy atom. The third kappa shape index (κ3) is 1.73. The van der Waals surface area contributed by atoms with Crippen molar-refractivity contribution in [2.45, 2.75) is 38.0 Å². The minimum Gasteiger partial charge on any atom is -0.352 e. The van der Waals surface area contributed by atoms with Crippen molar-refractivity contribution < 1.29 is 0 Å². The zero-order valence-electron chi connectivity index (χ0n) is 8.16. The van der Waals surface area contributed by atoms with Gasteiger partial charge in [-0.3, -0.25) is 0 Å². The number of hydrogen-bond donors (Lipinski definition) is 0. The standard InChI is InChI=1S/C10H17NS2/c1-2-3-4-5-8-9(12)11-6-7-13-10(8)11/h8,10H,2-7H2,1H3/t8?,10-/m0/s1. The molecule has 0 bridgehead atoms. The van der Waals surface area contributed by atoms with E-state index in [1.54, 1.807) is 0 Å². The predicted molar refractivity (Wildman–Crippen MR) is 63.2 cm³/mol. The van der Waals surface area contributed by atoms with E-state index >= 15 is 0 Å². The van der Waals surface area contributed by atoms with Crippen molar-refractivity contribution in [2.24, 2.45) is 5.92 Å². The molecular weight excluding hydrogens is 198 g/mol. The molecule has 0 radical (unpaired) electrons. The Bertz CT molecular complexity index is 205. The molecule has 0 aromatic heterocycles. The van der Waals surface area contributed by atoms with E-state index in [-0.39, 0.29) is 0 Å². The van der Waals surface area contributed by atoms with Crippen LogP contribution in [0.4, 0.5) is 0 Å². The number of nitrogens with zero attached hydrogens (tertiary/aromatic N) is 1. The first-order valence-corrected chi connectivity index (χ1v) is 6.72. The summed E-state index contributed by atoms with van der Waals surface area (Å²) in [6, 6.07) is 0. The van der Waals surface area contributed by atoms with Gasteiger partial charge >= 0.3 is 0 Å². The highest BCUT2D eigenvalue weighted by Gasteiger charge is 2.46. The fourth-order valence-electron chi connectivity index (χ4n) is 2.19. The van der Waals surface area contributed by atoms with E-state index in [4.69, 9.17) is 12.2 Å². The van der Waals surface area contributed by atoms with E-state index in [1.165, 1.54) is 43.0 Å². The highest BCUT2D eigenvalue weighted by molar-refractivity contribution is 8.00. The fourth-order valence-corrected chi connectivity index (χ4v) is 4.24. The van der Waals surface area contributed by atoms with Gasteiger partial charge < -0.3 is 4.90 Å². The SMILES string of the molecule is CCCCCC1C(=S)N2CCS[C@@H]12. The maximum atomic E-state index is 5.40. The van der Waals surface area contributed by atoms with Gasteiger partial charge in [0.2, 0.25) is 0 Å². The third-order valence-electron chi connectivity index (χ3n) is 2.99. The Morgan fingerprint density at radius 2 is 2.38 bits per heavy atom. The van der Waals surface area contributed by atoms with Gasteiger partial charge in [0.1, 0.15) is 0 Å². The molecule has 2 heterocycles. The molecule has 1 unspecified atom stereocenters. The van der Waals surface area contributed by atoms with Crippen LogP contribution in [0, 0.1) is 5.92 Å². The van der Waals surface area contributed by atoms with E-state index in [9.17, 15) is 0 Å². The lowest BCUT2D eigenvalue weighted by Crippen LogP contribution is -2.55. The Balaban J connectivity index is 1.77. The molecule has 74 valence electrons. The second-order valence-electron chi connectivity index (χ2n) is 3.90. The van der Waals surface area contributed by atoms with Crippen LogP contribution in [0.25, 0.3) is 0 Å². The van der Waals surface area contributed by atoms with Crippen molar-refractivity contribution in [2.75, 3.05) is 12.3 Å². The molecule has 0 aromatic carbocycles. The normalized spacial score (nSPS) is 31.8. The quantitative estimate of drug-likeness (QED) is 0.524. The lowest BCUT2D eigenvalue weighted by atomic mass is 9.93. The smallest absolute Gasteiger partial charge is 0.0849 e. The molecule has 2 atom stereocenters. The summed E-state index contributed by atoms with van der Waals surface area (Å²) in [6.45, 7) is 3.47. The van der Waals surface area contributed by atoms with Crippen molar-refractivity contribution >= 4 is 29.0 Å². The summed E-state index contributed by atoms with van der Waals surface area (Å²) < 4.78 is 0. The molecular formula is C10H17NS2. The van der Waals surface area contributed by atoms with Gasteiger partial charge in [-0.2, -0.15) is 0 Å². The van der Waals surface area contributed by atoms with Crippen LogP contribution in [0.3, 0.4) is 0 Å². The minimum atomic E-state index is 0.744. The monoisotopic (exact) mass is 215 g/mol. The number of fused-ring (bicyclic) bond motifs is 1. The van der Waals surface area contributed by atoms with Gasteiger partial charge in [-0.1, -0.05) is 38.4 Å². The number of hydrogen-bond acceptors (Lipinski definition) is 2. The zero-order chi connectivity index (χ0) is 9.26. The Labute approximate surface area is 90.3 Å². The number of thiocarbonyl (C=S) groups is 1. The second-order valence-corrected chi connectivity index (χ2v) is 5.54. The molecule has 1 nitrogen and oxygen atoms in total. The van der Waals surface area contributed by atoms with Crippen LogP contribution < -0.4 is 0 Å². The van der Waals surface area contributed by atoms with Crippen molar-refractivity contribution in [1.29, 1.82) is 0 Å². The first kappa shape index (κ1) is 9.78. The third-order valence-corrected chi connectivity index (χ3v) is 4.87. The second kappa shape index (κ2) is 4.18. The lowest BCUT2D eigenvalue weighted by molar-refractivity contribution is 0.276. The highest BCUT2D eigenvalue weighted by Crippen LogP contribution is 2.43. The molecule has 2 rings (SSSR count). The molecule has 3 heteroatoms. The average molecular weight is 215 g/mol. The molecule has 2 aliphatic heterocycles. The molecule has 2 saturated heterocycles. The van der Waals surface area contributed by atoms with Crippen LogP contribution in [0.1, 0.15) is 32.6 Å². The predicted octanol–water partition coefficient (Wildman–Crippen LogP) is 2.90. The first-order valence-electron chi connectivity index (χ1n) is 5.26. The summed E-state index contributed by atoms with van der Waals surface area (Å²) in [5.74, 6) is 2.03. The van der Waals surface area contributed by atoms with Crippen molar-refractivity contribution in [3.63, 3.8) is 0 Å². The van der Waals surface area contributed by atoms with E-state index in [0.29, 0.717) is 0 Å². The minimum absolute atomic E-state index is 0.744. The summed E-state index contributed by atoms with van der Waals surface area (Å²) >= 11 is 7.51. The molecule has 0 amide bonds. The van der Waals surface area contributed by atoms with E-state index in [0.717, 1.165) is 11.3 Å². The summed E-state index contributed by atoms with van der Waals surface area (Å²) in [7, 11) is 0. The lowest BCUT2D eigenvalue weighted by Gasteiger charge is -2.45. The van der Waals surface area contributed by atoms with Crippen molar-refractivity contribution in [3.8, 4) is 0 Å². The number of rotatable bonds is 4. The molecule has 0 saturated carbocycles. The summed E-state index contributed by atoms with van der Waals surface area (Å²) in [5.41, 5.74) is 0. The number of unbranched alkanes of at least 4 members (excludes halogenated alkanes) is 2. The van der Waals surface area contributed by atoms with Gasteiger partial charge in [0.25, 0.3) is 0 Å². The van der Waals surface area contributed by atoms with Crippen molar-refractivity contribution in [3.05, 3.63) is 0 Å². The van der Waals surface area contributed by atoms with E-state index in [2.05, 4.69) is 23.6 Å². The molecule has 0 aromatic rings. The molecule has 0 spiro atoms. The molecule has 2 fully saturated rings. The van der Waals surface area contributed by atoms with E-state index in [1.807, 2.05) is 0 Å². The van der Waals surface area contributed by atoms with Crippen LogP contribution in [-0.4, -0.2) is 27.6 Å². The number of thioether (sulfide) groups is 1. The summed E-state index contributed by atoms with van der Waals surface area (Å²) in [5, 5.41) is 0.768. The molecule has 0 N–H and O–H groups in total. The van der Waals surface area contributed by atoms with Crippen LogP contribution in [0.5, 0.6) is 0 Å².